The van der Waals surface area contributed by atoms with Crippen molar-refractivity contribution in [3.05, 3.63) is 83.6 Å². The molecule has 30 heavy (non-hydrogen) atoms. The van der Waals surface area contributed by atoms with E-state index >= 15 is 0 Å². The van der Waals surface area contributed by atoms with E-state index in [-0.39, 0.29) is 5.69 Å². The second-order valence-electron chi connectivity index (χ2n) is 7.34. The largest absolute Gasteiger partial charge is 0.471 e. The van der Waals surface area contributed by atoms with E-state index < -0.39 is 12.1 Å². The molecule has 1 heterocycles. The van der Waals surface area contributed by atoms with Gasteiger partial charge in [0, 0.05) is 30.0 Å². The second-order valence-corrected chi connectivity index (χ2v) is 7.34. The van der Waals surface area contributed by atoms with E-state index in [0.717, 1.165) is 18.4 Å². The second kappa shape index (κ2) is 8.28. The lowest BCUT2D eigenvalue weighted by atomic mass is 10.1. The molecule has 7 heteroatoms. The number of halogens is 3. The Morgan fingerprint density at radius 1 is 1.00 bits per heavy atom. The first kappa shape index (κ1) is 20.1. The maximum absolute atomic E-state index is 12.4. The van der Waals surface area contributed by atoms with Gasteiger partial charge < -0.3 is 10.6 Å². The number of hydrogen-bond donors (Lipinski definition) is 2. The fraction of sp³-hybridized carbons (Fsp3) is 0.217. The molecule has 0 aliphatic heterocycles. The number of hydrogen-bond acceptors (Lipinski definition) is 3. The molecular formula is C23H20F3N3O. The molecule has 0 unspecified atom stereocenters. The molecule has 154 valence electrons. The number of rotatable bonds is 5. The lowest BCUT2D eigenvalue weighted by Gasteiger charge is -2.12. The highest BCUT2D eigenvalue weighted by atomic mass is 19.4. The minimum Gasteiger partial charge on any atom is -0.318 e. The van der Waals surface area contributed by atoms with Gasteiger partial charge >= 0.3 is 12.1 Å². The SMILES string of the molecule is O=C(Nc1cccc(-c2ccc(CNC3Cc4ccccc4C3)cn2)c1)C(F)(F)F. The summed E-state index contributed by atoms with van der Waals surface area (Å²) in [4.78, 5) is 15.5. The highest BCUT2D eigenvalue weighted by Gasteiger charge is 2.38. The zero-order valence-electron chi connectivity index (χ0n) is 16.0. The highest BCUT2D eigenvalue weighted by Crippen LogP contribution is 2.24. The van der Waals surface area contributed by atoms with E-state index in [9.17, 15) is 18.0 Å². The van der Waals surface area contributed by atoms with Crippen LogP contribution in [-0.4, -0.2) is 23.1 Å². The Morgan fingerprint density at radius 2 is 1.73 bits per heavy atom. The number of fused-ring (bicyclic) bond motifs is 1. The minimum atomic E-state index is -4.93. The first-order valence-corrected chi connectivity index (χ1v) is 9.62. The summed E-state index contributed by atoms with van der Waals surface area (Å²) < 4.78 is 37.3. The average Bonchev–Trinajstić information content (AvgIpc) is 3.15. The number of aromatic nitrogens is 1. The molecule has 2 N–H and O–H groups in total. The first-order chi connectivity index (χ1) is 14.4. The molecule has 1 aromatic heterocycles. The quantitative estimate of drug-likeness (QED) is 0.650. The van der Waals surface area contributed by atoms with Crippen molar-refractivity contribution in [3.63, 3.8) is 0 Å². The summed E-state index contributed by atoms with van der Waals surface area (Å²) in [5, 5.41) is 5.42. The van der Waals surface area contributed by atoms with Crippen molar-refractivity contribution in [3.8, 4) is 11.3 Å². The molecule has 0 atom stereocenters. The van der Waals surface area contributed by atoms with Crippen LogP contribution in [0.3, 0.4) is 0 Å². The van der Waals surface area contributed by atoms with Crippen molar-refractivity contribution < 1.29 is 18.0 Å². The van der Waals surface area contributed by atoms with Crippen molar-refractivity contribution in [1.29, 1.82) is 0 Å². The molecule has 1 amide bonds. The first-order valence-electron chi connectivity index (χ1n) is 9.62. The topological polar surface area (TPSA) is 54.0 Å². The van der Waals surface area contributed by atoms with Gasteiger partial charge in [0.05, 0.1) is 5.69 Å². The number of carbonyl (C=O) groups is 1. The van der Waals surface area contributed by atoms with Gasteiger partial charge in [0.2, 0.25) is 0 Å². The fourth-order valence-corrected chi connectivity index (χ4v) is 3.62. The van der Waals surface area contributed by atoms with Crippen LogP contribution >= 0.6 is 0 Å². The highest BCUT2D eigenvalue weighted by molar-refractivity contribution is 5.95. The lowest BCUT2D eigenvalue weighted by Crippen LogP contribution is -2.29. The van der Waals surface area contributed by atoms with Crippen molar-refractivity contribution in [1.82, 2.24) is 10.3 Å². The number of anilines is 1. The number of pyridine rings is 1. The molecule has 0 fully saturated rings. The molecule has 2 aromatic carbocycles. The van der Waals surface area contributed by atoms with Gasteiger partial charge in [-0.1, -0.05) is 42.5 Å². The Bertz CT molecular complexity index is 1020. The van der Waals surface area contributed by atoms with Gasteiger partial charge in [-0.3, -0.25) is 9.78 Å². The molecule has 1 aliphatic carbocycles. The van der Waals surface area contributed by atoms with E-state index in [1.165, 1.54) is 23.3 Å². The van der Waals surface area contributed by atoms with Gasteiger partial charge in [-0.05, 0) is 47.7 Å². The summed E-state index contributed by atoms with van der Waals surface area (Å²) in [5.74, 6) is -2.00. The van der Waals surface area contributed by atoms with E-state index in [1.807, 2.05) is 17.4 Å². The molecule has 0 spiro atoms. The van der Waals surface area contributed by atoms with E-state index in [0.29, 0.717) is 23.8 Å². The number of alkyl halides is 3. The molecular weight excluding hydrogens is 391 g/mol. The zero-order valence-corrected chi connectivity index (χ0v) is 16.0. The molecule has 0 saturated carbocycles. The van der Waals surface area contributed by atoms with Crippen LogP contribution in [0, 0.1) is 0 Å². The van der Waals surface area contributed by atoms with Gasteiger partial charge in [0.25, 0.3) is 0 Å². The van der Waals surface area contributed by atoms with Gasteiger partial charge in [-0.2, -0.15) is 13.2 Å². The van der Waals surface area contributed by atoms with Crippen molar-refractivity contribution in [2.24, 2.45) is 0 Å². The normalized spacial score (nSPS) is 13.8. The molecule has 0 bridgehead atoms. The van der Waals surface area contributed by atoms with Crippen LogP contribution < -0.4 is 10.6 Å². The van der Waals surface area contributed by atoms with Crippen LogP contribution in [0.25, 0.3) is 11.3 Å². The average molecular weight is 411 g/mol. The van der Waals surface area contributed by atoms with Crippen LogP contribution in [0.5, 0.6) is 0 Å². The van der Waals surface area contributed by atoms with Crippen molar-refractivity contribution in [2.75, 3.05) is 5.32 Å². The molecule has 4 nitrogen and oxygen atoms in total. The molecule has 4 rings (SSSR count). The minimum absolute atomic E-state index is 0.0724. The van der Waals surface area contributed by atoms with Crippen LogP contribution in [-0.2, 0) is 24.2 Å². The van der Waals surface area contributed by atoms with Gasteiger partial charge in [0.15, 0.2) is 0 Å². The van der Waals surface area contributed by atoms with Gasteiger partial charge in [0.1, 0.15) is 0 Å². The van der Waals surface area contributed by atoms with Crippen LogP contribution in [0.2, 0.25) is 0 Å². The van der Waals surface area contributed by atoms with Gasteiger partial charge in [-0.15, -0.1) is 0 Å². The van der Waals surface area contributed by atoms with Gasteiger partial charge in [-0.25, -0.2) is 0 Å². The van der Waals surface area contributed by atoms with Crippen molar-refractivity contribution in [2.45, 2.75) is 31.6 Å². The van der Waals surface area contributed by atoms with Crippen LogP contribution in [0.1, 0.15) is 16.7 Å². The molecule has 3 aromatic rings. The Kier molecular flexibility index (Phi) is 5.55. The summed E-state index contributed by atoms with van der Waals surface area (Å²) in [5.41, 5.74) is 5.12. The predicted molar refractivity (Wildman–Crippen MR) is 109 cm³/mol. The summed E-state index contributed by atoms with van der Waals surface area (Å²) in [6, 6.07) is 18.8. The standard InChI is InChI=1S/C23H20F3N3O/c24-23(25,26)22(30)29-19-7-3-6-18(12-19)21-9-8-15(14-28-21)13-27-20-10-16-4-1-2-5-17(16)11-20/h1-9,12,14,20,27H,10-11,13H2,(H,29,30). The summed E-state index contributed by atoms with van der Waals surface area (Å²) >= 11 is 0. The Morgan fingerprint density at radius 3 is 2.37 bits per heavy atom. The number of benzene rings is 2. The maximum atomic E-state index is 12.4. The zero-order chi connectivity index (χ0) is 21.1. The fourth-order valence-electron chi connectivity index (χ4n) is 3.62. The predicted octanol–water partition coefficient (Wildman–Crippen LogP) is 4.51. The van der Waals surface area contributed by atoms with E-state index in [4.69, 9.17) is 0 Å². The number of nitrogens with zero attached hydrogens (tertiary/aromatic N) is 1. The smallest absolute Gasteiger partial charge is 0.318 e. The van der Waals surface area contributed by atoms with Crippen LogP contribution in [0.15, 0.2) is 66.9 Å². The van der Waals surface area contributed by atoms with E-state index in [1.54, 1.807) is 18.3 Å². The maximum Gasteiger partial charge on any atom is 0.471 e. The molecule has 0 radical (unpaired) electrons. The monoisotopic (exact) mass is 411 g/mol. The third-order valence-electron chi connectivity index (χ3n) is 5.14. The summed E-state index contributed by atoms with van der Waals surface area (Å²) in [7, 11) is 0. The van der Waals surface area contributed by atoms with Crippen molar-refractivity contribution >= 4 is 11.6 Å². The Hall–Kier alpha value is -3.19. The number of amides is 1. The Labute approximate surface area is 172 Å². The summed E-state index contributed by atoms with van der Waals surface area (Å²) in [6.07, 6.45) is -1.15. The lowest BCUT2D eigenvalue weighted by molar-refractivity contribution is -0.167. The number of carbonyl (C=O) groups excluding carboxylic acids is 1. The van der Waals surface area contributed by atoms with Crippen LogP contribution in [0.4, 0.5) is 18.9 Å². The van der Waals surface area contributed by atoms with E-state index in [2.05, 4.69) is 34.6 Å². The molecule has 0 saturated heterocycles. The summed E-state index contributed by atoms with van der Waals surface area (Å²) in [6.45, 7) is 0.688. The third-order valence-corrected chi connectivity index (χ3v) is 5.14. The third kappa shape index (κ3) is 4.68. The molecule has 1 aliphatic rings. The number of nitrogens with one attached hydrogen (secondary N) is 2. The Balaban J connectivity index is 1.37.